The molecular weight excluding hydrogens is 378 g/mol. The van der Waals surface area contributed by atoms with E-state index in [1.807, 2.05) is 45.0 Å². The predicted molar refractivity (Wildman–Crippen MR) is 117 cm³/mol. The zero-order chi connectivity index (χ0) is 21.5. The van der Waals surface area contributed by atoms with E-state index in [1.54, 1.807) is 48.5 Å². The summed E-state index contributed by atoms with van der Waals surface area (Å²) in [7, 11) is 0. The largest absolute Gasteiger partial charge is 0.493 e. The van der Waals surface area contributed by atoms with Crippen LogP contribution < -0.4 is 10.1 Å². The lowest BCUT2D eigenvalue weighted by molar-refractivity contribution is -0.125. The first-order valence-electron chi connectivity index (χ1n) is 9.85. The van der Waals surface area contributed by atoms with Gasteiger partial charge in [0.25, 0.3) is 5.91 Å². The second kappa shape index (κ2) is 9.74. The van der Waals surface area contributed by atoms with Gasteiger partial charge < -0.3 is 14.8 Å². The van der Waals surface area contributed by atoms with Gasteiger partial charge in [0.15, 0.2) is 0 Å². The summed E-state index contributed by atoms with van der Waals surface area (Å²) < 4.78 is 11.2. The van der Waals surface area contributed by atoms with Crippen LogP contribution in [0.5, 0.6) is 5.75 Å². The Hall–Kier alpha value is -3.60. The van der Waals surface area contributed by atoms with Crippen molar-refractivity contribution in [1.29, 1.82) is 0 Å². The molecule has 5 heteroatoms. The summed E-state index contributed by atoms with van der Waals surface area (Å²) in [6, 6.07) is 21.6. The molecule has 1 amide bonds. The highest BCUT2D eigenvalue weighted by Gasteiger charge is 2.27. The summed E-state index contributed by atoms with van der Waals surface area (Å²) in [4.78, 5) is 26.1. The van der Waals surface area contributed by atoms with E-state index >= 15 is 0 Å². The smallest absolute Gasteiger partial charge is 0.343 e. The second-order valence-electron chi connectivity index (χ2n) is 6.93. The molecular formula is C25H25NO4. The van der Waals surface area contributed by atoms with Crippen LogP contribution in [0.3, 0.4) is 0 Å². The van der Waals surface area contributed by atoms with Crippen LogP contribution in [-0.4, -0.2) is 18.5 Å². The molecule has 1 atom stereocenters. The van der Waals surface area contributed by atoms with Crippen molar-refractivity contribution >= 4 is 17.6 Å². The number of carbonyl (C=O) groups excluding carboxylic acids is 2. The Morgan fingerprint density at radius 2 is 1.63 bits per heavy atom. The Balaban J connectivity index is 1.89. The quantitative estimate of drug-likeness (QED) is 0.548. The third-order valence-electron chi connectivity index (χ3n) is 4.62. The van der Waals surface area contributed by atoms with Crippen molar-refractivity contribution < 1.29 is 19.1 Å². The standard InChI is InChI=1S/C25H25NO4/c1-4-29-22-13-9-8-12-20(22)25(28)30-23(19-10-6-5-7-11-19)24(27)26-21-16-17(2)14-15-18(21)3/h5-16,23H,4H2,1-3H3,(H,26,27)/t23-/m0/s1. The maximum atomic E-state index is 13.1. The summed E-state index contributed by atoms with van der Waals surface area (Å²) in [5.41, 5.74) is 3.50. The van der Waals surface area contributed by atoms with Gasteiger partial charge in [0.2, 0.25) is 6.10 Å². The minimum Gasteiger partial charge on any atom is -0.493 e. The SMILES string of the molecule is CCOc1ccccc1C(=O)O[C@H](C(=O)Nc1cc(C)ccc1C)c1ccccc1. The van der Waals surface area contributed by atoms with E-state index in [2.05, 4.69) is 5.32 Å². The number of anilines is 1. The Morgan fingerprint density at radius 1 is 0.933 bits per heavy atom. The van der Waals surface area contributed by atoms with Gasteiger partial charge in [-0.05, 0) is 50.1 Å². The summed E-state index contributed by atoms with van der Waals surface area (Å²) in [5.74, 6) is -0.618. The van der Waals surface area contributed by atoms with E-state index in [-0.39, 0.29) is 5.56 Å². The van der Waals surface area contributed by atoms with Crippen LogP contribution >= 0.6 is 0 Å². The molecule has 0 radical (unpaired) electrons. The molecule has 0 saturated heterocycles. The summed E-state index contributed by atoms with van der Waals surface area (Å²) in [6.07, 6.45) is -1.10. The highest BCUT2D eigenvalue weighted by Crippen LogP contribution is 2.26. The van der Waals surface area contributed by atoms with Crippen molar-refractivity contribution in [2.75, 3.05) is 11.9 Å². The molecule has 1 N–H and O–H groups in total. The van der Waals surface area contributed by atoms with Gasteiger partial charge in [0.05, 0.1) is 6.61 Å². The average molecular weight is 403 g/mol. The summed E-state index contributed by atoms with van der Waals surface area (Å²) >= 11 is 0. The van der Waals surface area contributed by atoms with Crippen LogP contribution in [-0.2, 0) is 9.53 Å². The number of rotatable bonds is 7. The number of esters is 1. The van der Waals surface area contributed by atoms with E-state index in [4.69, 9.17) is 9.47 Å². The minimum atomic E-state index is -1.10. The molecule has 3 aromatic carbocycles. The number of amides is 1. The highest BCUT2D eigenvalue weighted by molar-refractivity contribution is 5.99. The Bertz CT molecular complexity index is 1030. The van der Waals surface area contributed by atoms with Crippen LogP contribution in [0, 0.1) is 13.8 Å². The van der Waals surface area contributed by atoms with Crippen molar-refractivity contribution in [2.24, 2.45) is 0 Å². The number of carbonyl (C=O) groups is 2. The van der Waals surface area contributed by atoms with Crippen LogP contribution in [0.25, 0.3) is 0 Å². The minimum absolute atomic E-state index is 0.278. The zero-order valence-corrected chi connectivity index (χ0v) is 17.3. The average Bonchev–Trinajstić information content (AvgIpc) is 2.75. The van der Waals surface area contributed by atoms with Gasteiger partial charge in [0.1, 0.15) is 11.3 Å². The van der Waals surface area contributed by atoms with E-state index < -0.39 is 18.0 Å². The number of para-hydroxylation sites is 1. The molecule has 0 saturated carbocycles. The molecule has 0 bridgehead atoms. The molecule has 0 spiro atoms. The Kier molecular flexibility index (Phi) is 6.86. The van der Waals surface area contributed by atoms with Crippen LogP contribution in [0.2, 0.25) is 0 Å². The van der Waals surface area contributed by atoms with Crippen LogP contribution in [0.1, 0.15) is 40.1 Å². The van der Waals surface area contributed by atoms with Gasteiger partial charge in [-0.1, -0.05) is 54.6 Å². The zero-order valence-electron chi connectivity index (χ0n) is 17.3. The monoisotopic (exact) mass is 403 g/mol. The third-order valence-corrected chi connectivity index (χ3v) is 4.62. The van der Waals surface area contributed by atoms with Crippen LogP contribution in [0.15, 0.2) is 72.8 Å². The van der Waals surface area contributed by atoms with Gasteiger partial charge in [-0.25, -0.2) is 4.79 Å². The third kappa shape index (κ3) is 5.06. The topological polar surface area (TPSA) is 64.6 Å². The van der Waals surface area contributed by atoms with Crippen molar-refractivity contribution in [2.45, 2.75) is 26.9 Å². The molecule has 0 aromatic heterocycles. The lowest BCUT2D eigenvalue weighted by Gasteiger charge is -2.20. The molecule has 0 aliphatic carbocycles. The summed E-state index contributed by atoms with van der Waals surface area (Å²) in [6.45, 7) is 6.12. The van der Waals surface area contributed by atoms with Gasteiger partial charge in [-0.2, -0.15) is 0 Å². The fourth-order valence-corrected chi connectivity index (χ4v) is 3.06. The molecule has 0 aliphatic rings. The molecule has 154 valence electrons. The van der Waals surface area contributed by atoms with Crippen molar-refractivity contribution in [3.63, 3.8) is 0 Å². The molecule has 3 rings (SSSR count). The first-order chi connectivity index (χ1) is 14.5. The first kappa shape index (κ1) is 21.1. The van der Waals surface area contributed by atoms with Gasteiger partial charge >= 0.3 is 5.97 Å². The first-order valence-corrected chi connectivity index (χ1v) is 9.85. The van der Waals surface area contributed by atoms with E-state index in [0.717, 1.165) is 11.1 Å². The molecule has 30 heavy (non-hydrogen) atoms. The Labute approximate surface area is 176 Å². The fourth-order valence-electron chi connectivity index (χ4n) is 3.06. The summed E-state index contributed by atoms with van der Waals surface area (Å²) in [5, 5.41) is 2.90. The number of aryl methyl sites for hydroxylation is 2. The molecule has 0 unspecified atom stereocenters. The molecule has 3 aromatic rings. The van der Waals surface area contributed by atoms with Crippen LogP contribution in [0.4, 0.5) is 5.69 Å². The number of hydrogen-bond acceptors (Lipinski definition) is 4. The lowest BCUT2D eigenvalue weighted by atomic mass is 10.1. The van der Waals surface area contributed by atoms with Gasteiger partial charge in [-0.15, -0.1) is 0 Å². The van der Waals surface area contributed by atoms with Gasteiger partial charge in [-0.3, -0.25) is 4.79 Å². The maximum Gasteiger partial charge on any atom is 0.343 e. The fraction of sp³-hybridized carbons (Fsp3) is 0.200. The van der Waals surface area contributed by atoms with Crippen molar-refractivity contribution in [3.8, 4) is 5.75 Å². The van der Waals surface area contributed by atoms with E-state index in [9.17, 15) is 9.59 Å². The van der Waals surface area contributed by atoms with Crippen molar-refractivity contribution in [1.82, 2.24) is 0 Å². The number of ether oxygens (including phenoxy) is 2. The van der Waals surface area contributed by atoms with Gasteiger partial charge in [0, 0.05) is 11.3 Å². The number of benzene rings is 3. The van der Waals surface area contributed by atoms with E-state index in [1.165, 1.54) is 0 Å². The van der Waals surface area contributed by atoms with Crippen molar-refractivity contribution in [3.05, 3.63) is 95.1 Å². The maximum absolute atomic E-state index is 13.1. The molecule has 0 fully saturated rings. The normalized spacial score (nSPS) is 11.4. The number of hydrogen-bond donors (Lipinski definition) is 1. The predicted octanol–water partition coefficient (Wildman–Crippen LogP) is 5.24. The molecule has 0 aliphatic heterocycles. The second-order valence-corrected chi connectivity index (χ2v) is 6.93. The van der Waals surface area contributed by atoms with E-state index in [0.29, 0.717) is 23.6 Å². The lowest BCUT2D eigenvalue weighted by Crippen LogP contribution is -2.26. The molecule has 0 heterocycles. The highest BCUT2D eigenvalue weighted by atomic mass is 16.6. The number of nitrogens with one attached hydrogen (secondary N) is 1. The Morgan fingerprint density at radius 3 is 2.37 bits per heavy atom. The molecule has 5 nitrogen and oxygen atoms in total.